The van der Waals surface area contributed by atoms with Crippen molar-refractivity contribution in [1.29, 1.82) is 0 Å². The van der Waals surface area contributed by atoms with Gasteiger partial charge in [0.25, 0.3) is 11.1 Å². The Hall–Kier alpha value is -4.52. The molecule has 7 heteroatoms. The summed E-state index contributed by atoms with van der Waals surface area (Å²) in [6, 6.07) is 25.9. The van der Waals surface area contributed by atoms with E-state index in [2.05, 4.69) is 9.97 Å². The second-order valence-corrected chi connectivity index (χ2v) is 7.69. The predicted molar refractivity (Wildman–Crippen MR) is 129 cm³/mol. The van der Waals surface area contributed by atoms with Crippen LogP contribution in [0.25, 0.3) is 39.3 Å². The van der Waals surface area contributed by atoms with Crippen LogP contribution in [0, 0.1) is 0 Å². The molecule has 0 saturated heterocycles. The molecule has 0 bridgehead atoms. The molecule has 0 aliphatic heterocycles. The highest BCUT2D eigenvalue weighted by Gasteiger charge is 2.24. The second kappa shape index (κ2) is 8.20. The molecule has 0 saturated carbocycles. The van der Waals surface area contributed by atoms with Crippen LogP contribution in [0.1, 0.15) is 0 Å². The molecule has 0 amide bonds. The molecule has 2 aromatic heterocycles. The van der Waals surface area contributed by atoms with Crippen molar-refractivity contribution in [1.82, 2.24) is 14.5 Å². The van der Waals surface area contributed by atoms with E-state index in [0.29, 0.717) is 22.3 Å². The Balaban J connectivity index is 1.91. The third-order valence-electron chi connectivity index (χ3n) is 5.26. The summed E-state index contributed by atoms with van der Waals surface area (Å²) in [6.07, 6.45) is 0. The Bertz CT molecular complexity index is 1570. The van der Waals surface area contributed by atoms with Gasteiger partial charge in [0.1, 0.15) is 11.3 Å². The zero-order chi connectivity index (χ0) is 22.9. The van der Waals surface area contributed by atoms with Crippen molar-refractivity contribution in [2.75, 3.05) is 19.0 Å². The SMILES string of the molecule is CN(C)c1nc(=O)c(-c2nc3ccccc3n(-c3ccccc3)c2=O)c(-c2ccccc2)o1. The topological polar surface area (TPSA) is 81.2 Å². The Morgan fingerprint density at radius 1 is 0.788 bits per heavy atom. The highest BCUT2D eigenvalue weighted by Crippen LogP contribution is 2.30. The predicted octanol–water partition coefficient (Wildman–Crippen LogP) is 4.13. The van der Waals surface area contributed by atoms with Crippen LogP contribution in [0.3, 0.4) is 0 Å². The minimum Gasteiger partial charge on any atom is -0.424 e. The summed E-state index contributed by atoms with van der Waals surface area (Å²) < 4.78 is 7.59. The molecule has 5 aromatic rings. The molecule has 7 nitrogen and oxygen atoms in total. The van der Waals surface area contributed by atoms with Crippen molar-refractivity contribution in [2.45, 2.75) is 0 Å². The lowest BCUT2D eigenvalue weighted by Crippen LogP contribution is -2.26. The van der Waals surface area contributed by atoms with E-state index in [9.17, 15) is 9.59 Å². The summed E-state index contributed by atoms with van der Waals surface area (Å²) in [5, 5.41) is 0. The van der Waals surface area contributed by atoms with Crippen molar-refractivity contribution in [3.63, 3.8) is 0 Å². The largest absolute Gasteiger partial charge is 0.424 e. The average molecular weight is 436 g/mol. The first-order valence-electron chi connectivity index (χ1n) is 10.4. The number of hydrogen-bond donors (Lipinski definition) is 0. The van der Waals surface area contributed by atoms with Gasteiger partial charge in [-0.2, -0.15) is 4.98 Å². The van der Waals surface area contributed by atoms with Crippen LogP contribution in [0.15, 0.2) is 98.9 Å². The number of para-hydroxylation sites is 3. The van der Waals surface area contributed by atoms with Crippen LogP contribution >= 0.6 is 0 Å². The molecule has 162 valence electrons. The summed E-state index contributed by atoms with van der Waals surface area (Å²) >= 11 is 0. The van der Waals surface area contributed by atoms with Gasteiger partial charge in [0.15, 0.2) is 5.76 Å². The van der Waals surface area contributed by atoms with Crippen molar-refractivity contribution >= 4 is 17.0 Å². The molecule has 0 unspecified atom stereocenters. The summed E-state index contributed by atoms with van der Waals surface area (Å²) in [5.41, 5.74) is 1.55. The monoisotopic (exact) mass is 436 g/mol. The van der Waals surface area contributed by atoms with Crippen LogP contribution in [0.4, 0.5) is 6.01 Å². The van der Waals surface area contributed by atoms with E-state index in [1.165, 1.54) is 0 Å². The van der Waals surface area contributed by atoms with E-state index in [1.54, 1.807) is 23.6 Å². The lowest BCUT2D eigenvalue weighted by Gasteiger charge is -2.15. The normalized spacial score (nSPS) is 11.0. The average Bonchev–Trinajstić information content (AvgIpc) is 2.84. The molecule has 0 spiro atoms. The lowest BCUT2D eigenvalue weighted by molar-refractivity contribution is 0.540. The van der Waals surface area contributed by atoms with E-state index in [4.69, 9.17) is 4.42 Å². The lowest BCUT2D eigenvalue weighted by atomic mass is 10.1. The van der Waals surface area contributed by atoms with Crippen molar-refractivity contribution in [3.8, 4) is 28.3 Å². The highest BCUT2D eigenvalue weighted by molar-refractivity contribution is 5.83. The fourth-order valence-corrected chi connectivity index (χ4v) is 3.73. The first kappa shape index (κ1) is 20.4. The molecule has 3 aromatic carbocycles. The summed E-state index contributed by atoms with van der Waals surface area (Å²) in [6.45, 7) is 0. The van der Waals surface area contributed by atoms with Gasteiger partial charge < -0.3 is 9.32 Å². The smallest absolute Gasteiger partial charge is 0.300 e. The highest BCUT2D eigenvalue weighted by atomic mass is 16.4. The molecule has 0 atom stereocenters. The minimum absolute atomic E-state index is 0.0111. The summed E-state index contributed by atoms with van der Waals surface area (Å²) in [7, 11) is 3.47. The van der Waals surface area contributed by atoms with Gasteiger partial charge in [-0.15, -0.1) is 0 Å². The molecule has 0 N–H and O–H groups in total. The Morgan fingerprint density at radius 2 is 1.42 bits per heavy atom. The standard InChI is InChI=1S/C26H20N4O3/c1-29(2)26-28-24(31)21(23(33-26)17-11-5-3-6-12-17)22-25(32)30(18-13-7-4-8-14-18)20-16-10-9-15-19(20)27-22/h3-16H,1-2H3. The summed E-state index contributed by atoms with van der Waals surface area (Å²) in [5.74, 6) is 0.249. The van der Waals surface area contributed by atoms with Crippen LogP contribution < -0.4 is 16.0 Å². The zero-order valence-electron chi connectivity index (χ0n) is 18.1. The molecule has 0 radical (unpaired) electrons. The van der Waals surface area contributed by atoms with Crippen molar-refractivity contribution < 1.29 is 4.42 Å². The maximum absolute atomic E-state index is 13.8. The summed E-state index contributed by atoms with van der Waals surface area (Å²) in [4.78, 5) is 37.4. The third-order valence-corrected chi connectivity index (χ3v) is 5.26. The maximum atomic E-state index is 13.8. The van der Waals surface area contributed by atoms with Gasteiger partial charge in [0, 0.05) is 25.3 Å². The quantitative estimate of drug-likeness (QED) is 0.421. The Kier molecular flexibility index (Phi) is 5.06. The van der Waals surface area contributed by atoms with Gasteiger partial charge in [-0.05, 0) is 24.3 Å². The van der Waals surface area contributed by atoms with E-state index in [-0.39, 0.29) is 23.0 Å². The third kappa shape index (κ3) is 3.59. The van der Waals surface area contributed by atoms with Crippen molar-refractivity contribution in [2.24, 2.45) is 0 Å². The zero-order valence-corrected chi connectivity index (χ0v) is 18.1. The second-order valence-electron chi connectivity index (χ2n) is 7.69. The van der Waals surface area contributed by atoms with Gasteiger partial charge >= 0.3 is 6.01 Å². The Labute approximate surface area is 189 Å². The molecule has 0 fully saturated rings. The fraction of sp³-hybridized carbons (Fsp3) is 0.0769. The number of rotatable bonds is 4. The van der Waals surface area contributed by atoms with E-state index < -0.39 is 11.1 Å². The van der Waals surface area contributed by atoms with E-state index >= 15 is 0 Å². The van der Waals surface area contributed by atoms with E-state index in [0.717, 1.165) is 0 Å². The Morgan fingerprint density at radius 3 is 2.12 bits per heavy atom. The fourth-order valence-electron chi connectivity index (χ4n) is 3.73. The first-order valence-corrected chi connectivity index (χ1v) is 10.4. The van der Waals surface area contributed by atoms with Crippen LogP contribution in [-0.4, -0.2) is 28.6 Å². The molecular weight excluding hydrogens is 416 g/mol. The number of hydrogen-bond acceptors (Lipinski definition) is 6. The number of aromatic nitrogens is 3. The van der Waals surface area contributed by atoms with Crippen molar-refractivity contribution in [3.05, 3.63) is 106 Å². The molecule has 0 aliphatic carbocycles. The molecule has 33 heavy (non-hydrogen) atoms. The molecular formula is C26H20N4O3. The minimum atomic E-state index is -0.580. The number of anilines is 1. The van der Waals surface area contributed by atoms with Crippen LogP contribution in [0.5, 0.6) is 0 Å². The van der Waals surface area contributed by atoms with Crippen LogP contribution in [0.2, 0.25) is 0 Å². The molecule has 0 aliphatic rings. The maximum Gasteiger partial charge on any atom is 0.300 e. The number of nitrogens with zero attached hydrogens (tertiary/aromatic N) is 4. The van der Waals surface area contributed by atoms with Gasteiger partial charge in [0.2, 0.25) is 0 Å². The van der Waals surface area contributed by atoms with Crippen LogP contribution in [-0.2, 0) is 0 Å². The van der Waals surface area contributed by atoms with Gasteiger partial charge in [-0.3, -0.25) is 14.2 Å². The van der Waals surface area contributed by atoms with Gasteiger partial charge in [0.05, 0.1) is 11.0 Å². The van der Waals surface area contributed by atoms with Gasteiger partial charge in [-0.1, -0.05) is 60.7 Å². The molecule has 5 rings (SSSR count). The van der Waals surface area contributed by atoms with E-state index in [1.807, 2.05) is 84.9 Å². The molecule has 2 heterocycles. The first-order chi connectivity index (χ1) is 16.0. The van der Waals surface area contributed by atoms with Gasteiger partial charge in [-0.25, -0.2) is 4.98 Å². The number of benzene rings is 3. The number of fused-ring (bicyclic) bond motifs is 1.